The van der Waals surface area contributed by atoms with E-state index in [1.54, 1.807) is 24.5 Å². The third-order valence-electron chi connectivity index (χ3n) is 4.40. The van der Waals surface area contributed by atoms with Crippen LogP contribution in [0.25, 0.3) is 0 Å². The van der Waals surface area contributed by atoms with Crippen molar-refractivity contribution >= 4 is 12.0 Å². The lowest BCUT2D eigenvalue weighted by molar-refractivity contribution is -0.146. The summed E-state index contributed by atoms with van der Waals surface area (Å²) in [5.41, 5.74) is -0.716. The number of carbonyl (C=O) groups is 2. The van der Waals surface area contributed by atoms with Crippen molar-refractivity contribution in [1.29, 1.82) is 0 Å². The number of aliphatic hydroxyl groups excluding tert-OH is 1. The second kappa shape index (κ2) is 5.69. The van der Waals surface area contributed by atoms with Crippen LogP contribution >= 0.6 is 0 Å². The Balaban J connectivity index is 1.55. The second-order valence-electron chi connectivity index (χ2n) is 6.31. The average Bonchev–Trinajstić information content (AvgIpc) is 2.44. The fourth-order valence-corrected chi connectivity index (χ4v) is 3.56. The molecule has 0 aromatic carbocycles. The van der Waals surface area contributed by atoms with Crippen molar-refractivity contribution in [1.82, 2.24) is 15.6 Å². The highest BCUT2D eigenvalue weighted by Crippen LogP contribution is 2.60. The van der Waals surface area contributed by atoms with E-state index < -0.39 is 12.2 Å². The number of pyridine rings is 1. The molecule has 0 saturated heterocycles. The molecule has 0 radical (unpaired) electrons. The van der Waals surface area contributed by atoms with Crippen LogP contribution in [0, 0.1) is 0 Å². The summed E-state index contributed by atoms with van der Waals surface area (Å²) in [6.07, 6.45) is 3.26. The summed E-state index contributed by atoms with van der Waals surface area (Å²) in [4.78, 5) is 27.0. The maximum absolute atomic E-state index is 12.4. The van der Waals surface area contributed by atoms with E-state index in [4.69, 9.17) is 14.9 Å². The highest BCUT2D eigenvalue weighted by molar-refractivity contribution is 5.83. The maximum Gasteiger partial charge on any atom is 0.405 e. The Morgan fingerprint density at radius 3 is 2.39 bits per heavy atom. The molecule has 8 nitrogen and oxygen atoms in total. The monoisotopic (exact) mass is 321 g/mol. The Kier molecular flexibility index (Phi) is 3.85. The molecule has 1 atom stereocenters. The smallest absolute Gasteiger partial charge is 0.405 e. The predicted octanol–water partition coefficient (Wildman–Crippen LogP) is 0.270. The molecule has 2 bridgehead atoms. The Labute approximate surface area is 132 Å². The quantitative estimate of drug-likeness (QED) is 0.572. The number of nitrogens with zero attached hydrogens (tertiary/aromatic N) is 1. The molecular weight excluding hydrogens is 302 g/mol. The molecule has 23 heavy (non-hydrogen) atoms. The molecule has 0 aliphatic heterocycles. The first kappa shape index (κ1) is 15.5. The van der Waals surface area contributed by atoms with Gasteiger partial charge in [-0.3, -0.25) is 9.78 Å². The van der Waals surface area contributed by atoms with Crippen LogP contribution < -0.4 is 15.4 Å². The first-order chi connectivity index (χ1) is 11.0. The predicted molar refractivity (Wildman–Crippen MR) is 79.0 cm³/mol. The minimum Gasteiger partial charge on any atom is -0.480 e. The zero-order valence-corrected chi connectivity index (χ0v) is 12.5. The summed E-state index contributed by atoms with van der Waals surface area (Å²) in [6, 6.07) is 3.29. The minimum atomic E-state index is -1.04. The fourth-order valence-electron chi connectivity index (χ4n) is 3.56. The molecule has 8 heteroatoms. The lowest BCUT2D eigenvalue weighted by Crippen LogP contribution is -2.84. The van der Waals surface area contributed by atoms with Crippen molar-refractivity contribution < 1.29 is 24.5 Å². The van der Waals surface area contributed by atoms with Gasteiger partial charge in [0.25, 0.3) is 5.91 Å². The van der Waals surface area contributed by atoms with E-state index in [0.717, 1.165) is 0 Å². The van der Waals surface area contributed by atoms with Gasteiger partial charge in [-0.15, -0.1) is 0 Å². The van der Waals surface area contributed by atoms with Crippen molar-refractivity contribution in [3.63, 3.8) is 0 Å². The lowest BCUT2D eigenvalue weighted by atomic mass is 9.44. The molecule has 1 aromatic rings. The molecule has 3 fully saturated rings. The van der Waals surface area contributed by atoms with Crippen LogP contribution in [0.5, 0.6) is 5.75 Å². The van der Waals surface area contributed by atoms with Gasteiger partial charge in [0.05, 0.1) is 5.54 Å². The molecule has 3 aliphatic carbocycles. The highest BCUT2D eigenvalue weighted by atomic mass is 16.5. The van der Waals surface area contributed by atoms with E-state index in [1.165, 1.54) is 0 Å². The van der Waals surface area contributed by atoms with Crippen molar-refractivity contribution in [3.05, 3.63) is 24.5 Å². The van der Waals surface area contributed by atoms with Crippen molar-refractivity contribution in [2.75, 3.05) is 6.61 Å². The van der Waals surface area contributed by atoms with Crippen LogP contribution in [-0.4, -0.2) is 51.0 Å². The van der Waals surface area contributed by atoms with E-state index in [-0.39, 0.29) is 30.0 Å². The van der Waals surface area contributed by atoms with Gasteiger partial charge in [0.1, 0.15) is 5.75 Å². The van der Waals surface area contributed by atoms with E-state index in [2.05, 4.69) is 15.6 Å². The topological polar surface area (TPSA) is 121 Å². The van der Waals surface area contributed by atoms with Gasteiger partial charge in [-0.25, -0.2) is 4.79 Å². The number of ether oxygens (including phenoxy) is 1. The summed E-state index contributed by atoms with van der Waals surface area (Å²) in [7, 11) is 0. The number of aliphatic hydroxyl groups is 1. The summed E-state index contributed by atoms with van der Waals surface area (Å²) < 4.78 is 5.62. The first-order valence-corrected chi connectivity index (χ1v) is 7.47. The van der Waals surface area contributed by atoms with Crippen LogP contribution in [0.4, 0.5) is 4.79 Å². The molecule has 4 N–H and O–H groups in total. The minimum absolute atomic E-state index is 0.166. The van der Waals surface area contributed by atoms with E-state index in [9.17, 15) is 9.59 Å². The van der Waals surface area contributed by atoms with Gasteiger partial charge in [0, 0.05) is 31.0 Å². The molecule has 124 valence electrons. The van der Waals surface area contributed by atoms with Gasteiger partial charge < -0.3 is 25.6 Å². The van der Waals surface area contributed by atoms with Crippen molar-refractivity contribution in [2.45, 2.75) is 42.9 Å². The summed E-state index contributed by atoms with van der Waals surface area (Å²) in [5.74, 6) is 0.217. The first-order valence-electron chi connectivity index (χ1n) is 7.47. The standard InChI is InChI=1S/C15H19N3O5/c19-6-3-11(23-10-1-4-16-5-2-10)12(20)17-14-7-15(8-14,9-14)18-13(21)22/h1-2,4-5,11,18-19H,3,6-9H2,(H,17,20)(H,21,22). The number of rotatable bonds is 7. The third kappa shape index (κ3) is 3.07. The Hall–Kier alpha value is -2.35. The average molecular weight is 321 g/mol. The largest absolute Gasteiger partial charge is 0.480 e. The molecule has 1 aromatic heterocycles. The number of nitrogens with one attached hydrogen (secondary N) is 2. The molecule has 1 unspecified atom stereocenters. The van der Waals surface area contributed by atoms with Crippen LogP contribution in [-0.2, 0) is 4.79 Å². The summed E-state index contributed by atoms with van der Waals surface area (Å²) in [6.45, 7) is -0.166. The Bertz CT molecular complexity index is 587. The Morgan fingerprint density at radius 2 is 1.83 bits per heavy atom. The van der Waals surface area contributed by atoms with Crippen LogP contribution in [0.2, 0.25) is 0 Å². The summed E-state index contributed by atoms with van der Waals surface area (Å²) >= 11 is 0. The molecule has 3 aliphatic rings. The van der Waals surface area contributed by atoms with Crippen LogP contribution in [0.1, 0.15) is 25.7 Å². The zero-order valence-electron chi connectivity index (χ0n) is 12.5. The second-order valence-corrected chi connectivity index (χ2v) is 6.31. The van der Waals surface area contributed by atoms with Gasteiger partial charge in [0.2, 0.25) is 0 Å². The van der Waals surface area contributed by atoms with Crippen LogP contribution in [0.3, 0.4) is 0 Å². The zero-order chi connectivity index (χ0) is 16.5. The molecule has 0 spiro atoms. The van der Waals surface area contributed by atoms with E-state index >= 15 is 0 Å². The summed E-state index contributed by atoms with van der Waals surface area (Å²) in [5, 5.41) is 23.4. The number of carbonyl (C=O) groups excluding carboxylic acids is 1. The van der Waals surface area contributed by atoms with Crippen molar-refractivity contribution in [2.24, 2.45) is 0 Å². The van der Waals surface area contributed by atoms with E-state index in [0.29, 0.717) is 25.0 Å². The number of hydrogen-bond donors (Lipinski definition) is 4. The van der Waals surface area contributed by atoms with Gasteiger partial charge in [-0.1, -0.05) is 0 Å². The highest BCUT2D eigenvalue weighted by Gasteiger charge is 2.69. The molecule has 3 saturated carbocycles. The molecular formula is C15H19N3O5. The number of amides is 2. The van der Waals surface area contributed by atoms with Crippen LogP contribution in [0.15, 0.2) is 24.5 Å². The maximum atomic E-state index is 12.4. The number of hydrogen-bond acceptors (Lipinski definition) is 5. The van der Waals surface area contributed by atoms with Gasteiger partial charge in [-0.2, -0.15) is 0 Å². The lowest BCUT2D eigenvalue weighted by Gasteiger charge is -2.70. The van der Waals surface area contributed by atoms with Gasteiger partial charge >= 0.3 is 6.09 Å². The SMILES string of the molecule is O=C(O)NC12CC(NC(=O)C(CCO)Oc3ccncc3)(C1)C2. The van der Waals surface area contributed by atoms with Gasteiger partial charge in [-0.05, 0) is 31.4 Å². The number of aromatic nitrogens is 1. The van der Waals surface area contributed by atoms with E-state index in [1.807, 2.05) is 0 Å². The van der Waals surface area contributed by atoms with Crippen molar-refractivity contribution in [3.8, 4) is 5.75 Å². The molecule has 4 rings (SSSR count). The Morgan fingerprint density at radius 1 is 1.22 bits per heavy atom. The number of carboxylic acid groups (broad SMARTS) is 1. The third-order valence-corrected chi connectivity index (χ3v) is 4.40. The van der Waals surface area contributed by atoms with Gasteiger partial charge in [0.15, 0.2) is 6.10 Å². The fraction of sp³-hybridized carbons (Fsp3) is 0.533. The normalized spacial score (nSPS) is 28.7. The molecule has 2 amide bonds. The molecule has 1 heterocycles.